The van der Waals surface area contributed by atoms with Crippen molar-refractivity contribution in [1.82, 2.24) is 14.7 Å². The van der Waals surface area contributed by atoms with Gasteiger partial charge in [0.15, 0.2) is 11.5 Å². The minimum Gasteiger partial charge on any atom is -0.493 e. The van der Waals surface area contributed by atoms with Gasteiger partial charge >= 0.3 is 0 Å². The standard InChI is InChI=1S/C25H31N3O4/c1-27-25(32-23-12-8-7-11-22(23)31-3)21(24(26-27)18-9-5-4-6-10-18)16-28(19-13-14-19)15-20(29)17-30-2/h4-12,19-20,29H,13-17H2,1-3H3. The van der Waals surface area contributed by atoms with Crippen molar-refractivity contribution in [3.63, 3.8) is 0 Å². The number of hydrogen-bond acceptors (Lipinski definition) is 6. The number of aliphatic hydroxyl groups is 1. The second-order valence-electron chi connectivity index (χ2n) is 8.14. The summed E-state index contributed by atoms with van der Waals surface area (Å²) in [5.74, 6) is 1.96. The largest absolute Gasteiger partial charge is 0.493 e. The van der Waals surface area contributed by atoms with Gasteiger partial charge in [-0.3, -0.25) is 4.90 Å². The zero-order chi connectivity index (χ0) is 22.5. The minimum atomic E-state index is -0.545. The second kappa shape index (κ2) is 10.2. The number of ether oxygens (including phenoxy) is 3. The smallest absolute Gasteiger partial charge is 0.222 e. The molecule has 1 atom stereocenters. The maximum absolute atomic E-state index is 10.4. The summed E-state index contributed by atoms with van der Waals surface area (Å²) in [6.07, 6.45) is 1.71. The first-order chi connectivity index (χ1) is 15.6. The van der Waals surface area contributed by atoms with Crippen molar-refractivity contribution < 1.29 is 19.3 Å². The van der Waals surface area contributed by atoms with Crippen LogP contribution in [0.15, 0.2) is 54.6 Å². The highest BCUT2D eigenvalue weighted by atomic mass is 16.5. The Morgan fingerprint density at radius 3 is 2.41 bits per heavy atom. The van der Waals surface area contributed by atoms with Crippen molar-refractivity contribution in [3.05, 3.63) is 60.2 Å². The van der Waals surface area contributed by atoms with Crippen LogP contribution in [0.25, 0.3) is 11.3 Å². The molecule has 1 unspecified atom stereocenters. The first-order valence-electron chi connectivity index (χ1n) is 10.9. The van der Waals surface area contributed by atoms with Crippen LogP contribution in [0.3, 0.4) is 0 Å². The molecule has 7 nitrogen and oxygen atoms in total. The number of aromatic nitrogens is 2. The lowest BCUT2D eigenvalue weighted by Gasteiger charge is -2.25. The van der Waals surface area contributed by atoms with Crippen LogP contribution < -0.4 is 9.47 Å². The molecule has 1 fully saturated rings. The summed E-state index contributed by atoms with van der Waals surface area (Å²) in [5.41, 5.74) is 2.90. The molecule has 3 aromatic rings. The van der Waals surface area contributed by atoms with Gasteiger partial charge in [-0.05, 0) is 25.0 Å². The average molecular weight is 438 g/mol. The van der Waals surface area contributed by atoms with E-state index >= 15 is 0 Å². The Hall–Kier alpha value is -2.87. The predicted molar refractivity (Wildman–Crippen MR) is 123 cm³/mol. The summed E-state index contributed by atoms with van der Waals surface area (Å²) >= 11 is 0. The molecule has 1 saturated carbocycles. The maximum atomic E-state index is 10.4. The molecule has 7 heteroatoms. The van der Waals surface area contributed by atoms with E-state index in [0.29, 0.717) is 43.1 Å². The Balaban J connectivity index is 1.72. The van der Waals surface area contributed by atoms with Crippen LogP contribution >= 0.6 is 0 Å². The lowest BCUT2D eigenvalue weighted by atomic mass is 10.1. The van der Waals surface area contributed by atoms with Gasteiger partial charge in [-0.15, -0.1) is 0 Å². The third-order valence-corrected chi connectivity index (χ3v) is 5.64. The highest BCUT2D eigenvalue weighted by molar-refractivity contribution is 5.66. The third-order valence-electron chi connectivity index (χ3n) is 5.64. The highest BCUT2D eigenvalue weighted by Crippen LogP contribution is 2.39. The molecule has 1 aliphatic carbocycles. The van der Waals surface area contributed by atoms with Gasteiger partial charge in [-0.2, -0.15) is 5.10 Å². The number of benzene rings is 2. The molecule has 170 valence electrons. The molecule has 0 bridgehead atoms. The monoisotopic (exact) mass is 437 g/mol. The molecule has 0 amide bonds. The number of methoxy groups -OCH3 is 2. The van der Waals surface area contributed by atoms with E-state index in [-0.39, 0.29) is 0 Å². The molecule has 1 aromatic heterocycles. The SMILES string of the molecule is COCC(O)CN(Cc1c(-c2ccccc2)nn(C)c1Oc1ccccc1OC)C1CC1. The van der Waals surface area contributed by atoms with Gasteiger partial charge < -0.3 is 19.3 Å². The zero-order valence-electron chi connectivity index (χ0n) is 18.9. The zero-order valence-corrected chi connectivity index (χ0v) is 18.9. The summed E-state index contributed by atoms with van der Waals surface area (Å²) in [6.45, 7) is 1.47. The Morgan fingerprint density at radius 2 is 1.75 bits per heavy atom. The third kappa shape index (κ3) is 5.12. The summed E-state index contributed by atoms with van der Waals surface area (Å²) in [7, 11) is 5.13. The Bertz CT molecular complexity index is 1020. The van der Waals surface area contributed by atoms with Crippen LogP contribution in [-0.4, -0.2) is 59.3 Å². The van der Waals surface area contributed by atoms with Crippen molar-refractivity contribution in [3.8, 4) is 28.6 Å². The van der Waals surface area contributed by atoms with E-state index < -0.39 is 6.10 Å². The number of rotatable bonds is 11. The van der Waals surface area contributed by atoms with Crippen molar-refractivity contribution in [2.75, 3.05) is 27.4 Å². The van der Waals surface area contributed by atoms with Crippen molar-refractivity contribution in [2.24, 2.45) is 7.05 Å². The van der Waals surface area contributed by atoms with Crippen molar-refractivity contribution in [2.45, 2.75) is 31.5 Å². The maximum Gasteiger partial charge on any atom is 0.222 e. The lowest BCUT2D eigenvalue weighted by molar-refractivity contribution is 0.0336. The van der Waals surface area contributed by atoms with Crippen LogP contribution in [-0.2, 0) is 18.3 Å². The van der Waals surface area contributed by atoms with Crippen LogP contribution in [0.1, 0.15) is 18.4 Å². The molecule has 0 saturated heterocycles. The van der Waals surface area contributed by atoms with Gasteiger partial charge in [0.25, 0.3) is 0 Å². The number of hydrogen-bond donors (Lipinski definition) is 1. The van der Waals surface area contributed by atoms with Gasteiger partial charge in [-0.25, -0.2) is 4.68 Å². The highest BCUT2D eigenvalue weighted by Gasteiger charge is 2.33. The molecule has 1 heterocycles. The molecule has 1 aliphatic rings. The summed E-state index contributed by atoms with van der Waals surface area (Å²) < 4.78 is 18.8. The van der Waals surface area contributed by atoms with Gasteiger partial charge in [0, 0.05) is 38.9 Å². The lowest BCUT2D eigenvalue weighted by Crippen LogP contribution is -2.36. The molecular weight excluding hydrogens is 406 g/mol. The number of nitrogens with zero attached hydrogens (tertiary/aromatic N) is 3. The predicted octanol–water partition coefficient (Wildman–Crippen LogP) is 3.86. The van der Waals surface area contributed by atoms with E-state index in [0.717, 1.165) is 29.7 Å². The fraction of sp³-hybridized carbons (Fsp3) is 0.400. The fourth-order valence-electron chi connectivity index (χ4n) is 3.96. The van der Waals surface area contributed by atoms with Crippen molar-refractivity contribution >= 4 is 0 Å². The first kappa shape index (κ1) is 22.3. The topological polar surface area (TPSA) is 69.0 Å². The quantitative estimate of drug-likeness (QED) is 0.491. The van der Waals surface area contributed by atoms with E-state index in [1.807, 2.05) is 49.5 Å². The Labute approximate surface area is 189 Å². The van der Waals surface area contributed by atoms with E-state index in [4.69, 9.17) is 19.3 Å². The van der Waals surface area contributed by atoms with E-state index in [9.17, 15) is 5.11 Å². The van der Waals surface area contributed by atoms with Gasteiger partial charge in [0.05, 0.1) is 25.4 Å². The van der Waals surface area contributed by atoms with E-state index in [2.05, 4.69) is 17.0 Å². The molecule has 1 N–H and O–H groups in total. The van der Waals surface area contributed by atoms with Gasteiger partial charge in [0.2, 0.25) is 5.88 Å². The van der Waals surface area contributed by atoms with Crippen LogP contribution in [0.2, 0.25) is 0 Å². The number of para-hydroxylation sites is 2. The molecule has 4 rings (SSSR count). The van der Waals surface area contributed by atoms with Crippen LogP contribution in [0.5, 0.6) is 17.4 Å². The number of aryl methyl sites for hydroxylation is 1. The average Bonchev–Trinajstić information content (AvgIpc) is 3.61. The minimum absolute atomic E-state index is 0.312. The first-order valence-corrected chi connectivity index (χ1v) is 10.9. The molecule has 0 aliphatic heterocycles. The van der Waals surface area contributed by atoms with E-state index in [1.54, 1.807) is 18.9 Å². The molecule has 0 radical (unpaired) electrons. The molecule has 0 spiro atoms. The van der Waals surface area contributed by atoms with Crippen LogP contribution in [0.4, 0.5) is 0 Å². The fourth-order valence-corrected chi connectivity index (χ4v) is 3.96. The molecule has 32 heavy (non-hydrogen) atoms. The number of aliphatic hydroxyl groups excluding tert-OH is 1. The molecular formula is C25H31N3O4. The molecule has 2 aromatic carbocycles. The van der Waals surface area contributed by atoms with Crippen molar-refractivity contribution in [1.29, 1.82) is 0 Å². The summed E-state index contributed by atoms with van der Waals surface area (Å²) in [6, 6.07) is 18.2. The van der Waals surface area contributed by atoms with Gasteiger partial charge in [-0.1, -0.05) is 42.5 Å². The Morgan fingerprint density at radius 1 is 1.06 bits per heavy atom. The summed E-state index contributed by atoms with van der Waals surface area (Å²) in [5, 5.41) is 15.2. The normalized spacial score (nSPS) is 14.5. The second-order valence-corrected chi connectivity index (χ2v) is 8.14. The Kier molecular flexibility index (Phi) is 7.09. The van der Waals surface area contributed by atoms with E-state index in [1.165, 1.54) is 0 Å². The summed E-state index contributed by atoms with van der Waals surface area (Å²) in [4.78, 5) is 2.31. The van der Waals surface area contributed by atoms with Crippen LogP contribution in [0, 0.1) is 0 Å². The van der Waals surface area contributed by atoms with Gasteiger partial charge in [0.1, 0.15) is 5.69 Å².